The Labute approximate surface area is 140 Å². The number of nitrogens with zero attached hydrogens (tertiary/aromatic N) is 3. The minimum Gasteiger partial charge on any atom is -0.391 e. The van der Waals surface area contributed by atoms with Crippen LogP contribution >= 0.6 is 0 Å². The molecule has 3 atom stereocenters. The molecule has 1 aliphatic rings. The summed E-state index contributed by atoms with van der Waals surface area (Å²) in [6.07, 6.45) is 5.70. The summed E-state index contributed by atoms with van der Waals surface area (Å²) in [5.41, 5.74) is 2.95. The van der Waals surface area contributed by atoms with Crippen LogP contribution < -0.4 is 0 Å². The van der Waals surface area contributed by atoms with Gasteiger partial charge in [-0.3, -0.25) is 0 Å². The van der Waals surface area contributed by atoms with Crippen molar-refractivity contribution in [2.45, 2.75) is 38.3 Å². The molecule has 1 fully saturated rings. The lowest BCUT2D eigenvalue weighted by Gasteiger charge is -2.17. The quantitative estimate of drug-likeness (QED) is 0.802. The van der Waals surface area contributed by atoms with Crippen molar-refractivity contribution >= 4 is 11.0 Å². The van der Waals surface area contributed by atoms with E-state index in [1.165, 1.54) is 12.1 Å². The summed E-state index contributed by atoms with van der Waals surface area (Å²) in [5.74, 6) is 0.174. The average Bonchev–Trinajstić information content (AvgIpc) is 3.14. The molecule has 0 saturated heterocycles. The van der Waals surface area contributed by atoms with Gasteiger partial charge in [-0.15, -0.1) is 0 Å². The molecule has 4 nitrogen and oxygen atoms in total. The van der Waals surface area contributed by atoms with Gasteiger partial charge >= 0.3 is 0 Å². The molecule has 0 spiro atoms. The van der Waals surface area contributed by atoms with Gasteiger partial charge in [0.05, 0.1) is 17.8 Å². The van der Waals surface area contributed by atoms with Gasteiger partial charge in [0, 0.05) is 11.6 Å². The maximum Gasteiger partial charge on any atom is 0.143 e. The fourth-order valence-corrected chi connectivity index (χ4v) is 3.88. The predicted molar refractivity (Wildman–Crippen MR) is 90.1 cm³/mol. The summed E-state index contributed by atoms with van der Waals surface area (Å²) in [5, 5.41) is 11.6. The molecular formula is C19H20FN3O. The molecule has 1 N–H and O–H groups in total. The Morgan fingerprint density at radius 3 is 2.75 bits per heavy atom. The highest BCUT2D eigenvalue weighted by molar-refractivity contribution is 5.78. The van der Waals surface area contributed by atoms with Crippen LogP contribution in [0.1, 0.15) is 30.1 Å². The lowest BCUT2D eigenvalue weighted by atomic mass is 9.98. The number of aromatic nitrogens is 3. The number of aryl methyl sites for hydroxylation is 1. The average molecular weight is 325 g/mol. The molecule has 0 amide bonds. The van der Waals surface area contributed by atoms with Gasteiger partial charge in [-0.05, 0) is 55.9 Å². The lowest BCUT2D eigenvalue weighted by Crippen LogP contribution is -2.17. The van der Waals surface area contributed by atoms with Crippen LogP contribution in [0.3, 0.4) is 0 Å². The van der Waals surface area contributed by atoms with Crippen molar-refractivity contribution in [3.05, 3.63) is 59.9 Å². The summed E-state index contributed by atoms with van der Waals surface area (Å²) in [6, 6.07) is 8.70. The Bertz CT molecular complexity index is 859. The summed E-state index contributed by atoms with van der Waals surface area (Å²) >= 11 is 0. The van der Waals surface area contributed by atoms with Gasteiger partial charge < -0.3 is 9.67 Å². The Morgan fingerprint density at radius 1 is 1.17 bits per heavy atom. The van der Waals surface area contributed by atoms with Gasteiger partial charge in [0.1, 0.15) is 17.8 Å². The standard InChI is InChI=1S/C19H20FN3O/c1-12-16-6-7-23(19(16)22-11-21-12)17-9-14(10-18(17)24)8-13-2-4-15(20)5-3-13/h2-7,11,14,17-18,24H,8-10H2,1H3/t14-,17+,18+/m0/s1. The van der Waals surface area contributed by atoms with Crippen LogP contribution in [-0.4, -0.2) is 25.7 Å². The largest absolute Gasteiger partial charge is 0.391 e. The molecule has 1 saturated carbocycles. The Balaban J connectivity index is 1.56. The number of aliphatic hydroxyl groups excluding tert-OH is 1. The third kappa shape index (κ3) is 2.69. The van der Waals surface area contributed by atoms with E-state index in [2.05, 4.69) is 14.5 Å². The molecular weight excluding hydrogens is 305 g/mol. The van der Waals surface area contributed by atoms with Gasteiger partial charge in [0.2, 0.25) is 0 Å². The summed E-state index contributed by atoms with van der Waals surface area (Å²) < 4.78 is 15.1. The minimum atomic E-state index is -0.388. The second kappa shape index (κ2) is 5.98. The van der Waals surface area contributed by atoms with E-state index in [-0.39, 0.29) is 18.0 Å². The first-order chi connectivity index (χ1) is 11.6. The molecule has 1 aromatic carbocycles. The molecule has 0 aliphatic heterocycles. The first-order valence-electron chi connectivity index (χ1n) is 8.32. The van der Waals surface area contributed by atoms with Gasteiger partial charge in [-0.2, -0.15) is 0 Å². The van der Waals surface area contributed by atoms with Crippen LogP contribution in [0, 0.1) is 18.7 Å². The van der Waals surface area contributed by atoms with Crippen LogP contribution in [0.2, 0.25) is 0 Å². The van der Waals surface area contributed by atoms with Crippen LogP contribution in [0.4, 0.5) is 4.39 Å². The molecule has 2 aromatic heterocycles. The van der Waals surface area contributed by atoms with Gasteiger partial charge in [0.25, 0.3) is 0 Å². The third-order valence-electron chi connectivity index (χ3n) is 5.10. The molecule has 5 heteroatoms. The van der Waals surface area contributed by atoms with Crippen molar-refractivity contribution in [3.63, 3.8) is 0 Å². The molecule has 0 unspecified atom stereocenters. The molecule has 0 radical (unpaired) electrons. The smallest absolute Gasteiger partial charge is 0.143 e. The maximum absolute atomic E-state index is 13.0. The van der Waals surface area contributed by atoms with E-state index in [9.17, 15) is 9.50 Å². The molecule has 124 valence electrons. The fourth-order valence-electron chi connectivity index (χ4n) is 3.88. The molecule has 0 bridgehead atoms. The molecule has 4 rings (SSSR count). The van der Waals surface area contributed by atoms with E-state index in [0.29, 0.717) is 5.92 Å². The molecule has 2 heterocycles. The van der Waals surface area contributed by atoms with Gasteiger partial charge in [-0.1, -0.05) is 12.1 Å². The summed E-state index contributed by atoms with van der Waals surface area (Å²) in [6.45, 7) is 1.97. The number of halogens is 1. The van der Waals surface area contributed by atoms with E-state index < -0.39 is 0 Å². The second-order valence-electron chi connectivity index (χ2n) is 6.72. The molecule has 1 aliphatic carbocycles. The number of hydrogen-bond acceptors (Lipinski definition) is 3. The van der Waals surface area contributed by atoms with Crippen molar-refractivity contribution in [1.82, 2.24) is 14.5 Å². The summed E-state index contributed by atoms with van der Waals surface area (Å²) in [7, 11) is 0. The van der Waals surface area contributed by atoms with Gasteiger partial charge in [-0.25, -0.2) is 14.4 Å². The number of hydrogen-bond donors (Lipinski definition) is 1. The highest BCUT2D eigenvalue weighted by atomic mass is 19.1. The third-order valence-corrected chi connectivity index (χ3v) is 5.10. The van der Waals surface area contributed by atoms with Crippen LogP contribution in [0.5, 0.6) is 0 Å². The Kier molecular flexibility index (Phi) is 3.81. The topological polar surface area (TPSA) is 50.9 Å². The maximum atomic E-state index is 13.0. The van der Waals surface area contributed by atoms with E-state index in [1.807, 2.05) is 31.3 Å². The van der Waals surface area contributed by atoms with Crippen molar-refractivity contribution in [1.29, 1.82) is 0 Å². The predicted octanol–water partition coefficient (Wildman–Crippen LogP) is 3.43. The van der Waals surface area contributed by atoms with E-state index >= 15 is 0 Å². The summed E-state index contributed by atoms with van der Waals surface area (Å²) in [4.78, 5) is 8.63. The monoisotopic (exact) mass is 325 g/mol. The second-order valence-corrected chi connectivity index (χ2v) is 6.72. The van der Waals surface area contributed by atoms with E-state index in [4.69, 9.17) is 0 Å². The minimum absolute atomic E-state index is 0.0299. The van der Waals surface area contributed by atoms with E-state index in [0.717, 1.165) is 41.6 Å². The van der Waals surface area contributed by atoms with Crippen LogP contribution in [0.25, 0.3) is 11.0 Å². The number of aliphatic hydroxyl groups is 1. The SMILES string of the molecule is Cc1ncnc2c1ccn2[C@@H]1C[C@H](Cc2ccc(F)cc2)C[C@H]1O. The highest BCUT2D eigenvalue weighted by Crippen LogP contribution is 2.38. The first-order valence-corrected chi connectivity index (χ1v) is 8.32. The van der Waals surface area contributed by atoms with E-state index in [1.54, 1.807) is 6.33 Å². The number of rotatable bonds is 3. The van der Waals surface area contributed by atoms with Crippen LogP contribution in [-0.2, 0) is 6.42 Å². The molecule has 3 aromatic rings. The Morgan fingerprint density at radius 2 is 1.96 bits per heavy atom. The Hall–Kier alpha value is -2.27. The zero-order chi connectivity index (χ0) is 16.7. The zero-order valence-electron chi connectivity index (χ0n) is 13.6. The van der Waals surface area contributed by atoms with Crippen LogP contribution in [0.15, 0.2) is 42.9 Å². The lowest BCUT2D eigenvalue weighted by molar-refractivity contribution is 0.136. The van der Waals surface area contributed by atoms with Crippen molar-refractivity contribution in [2.75, 3.05) is 0 Å². The van der Waals surface area contributed by atoms with Crippen molar-refractivity contribution in [3.8, 4) is 0 Å². The first kappa shape index (κ1) is 15.3. The fraction of sp³-hybridized carbons (Fsp3) is 0.368. The van der Waals surface area contributed by atoms with Gasteiger partial charge in [0.15, 0.2) is 0 Å². The molecule has 24 heavy (non-hydrogen) atoms. The normalized spacial score (nSPS) is 23.9. The van der Waals surface area contributed by atoms with Crippen molar-refractivity contribution < 1.29 is 9.50 Å². The van der Waals surface area contributed by atoms with Crippen molar-refractivity contribution in [2.24, 2.45) is 5.92 Å². The highest BCUT2D eigenvalue weighted by Gasteiger charge is 2.34. The number of fused-ring (bicyclic) bond motifs is 1. The number of benzene rings is 1. The zero-order valence-corrected chi connectivity index (χ0v) is 13.6.